The summed E-state index contributed by atoms with van der Waals surface area (Å²) in [6.07, 6.45) is 0. The minimum absolute atomic E-state index is 0.300. The zero-order valence-electron chi connectivity index (χ0n) is 9.29. The zero-order valence-corrected chi connectivity index (χ0v) is 11.6. The van der Waals surface area contributed by atoms with Gasteiger partial charge in [-0.25, -0.2) is 4.39 Å². The minimum Gasteiger partial charge on any atom is -0.326 e. The topological polar surface area (TPSA) is 26.0 Å². The summed E-state index contributed by atoms with van der Waals surface area (Å²) in [7, 11) is 0. The van der Waals surface area contributed by atoms with Crippen molar-refractivity contribution in [3.8, 4) is 0 Å². The van der Waals surface area contributed by atoms with E-state index in [0.717, 1.165) is 15.4 Å². The van der Waals surface area contributed by atoms with Gasteiger partial charge in [0.1, 0.15) is 5.82 Å². The van der Waals surface area contributed by atoms with Crippen molar-refractivity contribution in [2.24, 2.45) is 5.73 Å². The molecule has 0 fully saturated rings. The van der Waals surface area contributed by atoms with Crippen molar-refractivity contribution in [3.05, 3.63) is 57.8 Å². The third kappa shape index (κ3) is 3.39. The molecule has 0 saturated heterocycles. The van der Waals surface area contributed by atoms with Crippen LogP contribution in [0.2, 0.25) is 10.0 Å². The van der Waals surface area contributed by atoms with Crippen LogP contribution in [-0.4, -0.2) is 0 Å². The Kier molecular flexibility index (Phi) is 4.51. The molecular weight excluding hydrogens is 292 g/mol. The van der Waals surface area contributed by atoms with Crippen LogP contribution in [0.5, 0.6) is 0 Å². The van der Waals surface area contributed by atoms with Gasteiger partial charge in [0.15, 0.2) is 0 Å². The lowest BCUT2D eigenvalue weighted by molar-refractivity contribution is 0.621. The van der Waals surface area contributed by atoms with Gasteiger partial charge in [-0.1, -0.05) is 35.0 Å². The number of halogens is 3. The number of rotatable bonds is 3. The Morgan fingerprint density at radius 2 is 1.89 bits per heavy atom. The first kappa shape index (κ1) is 13.7. The van der Waals surface area contributed by atoms with Crippen molar-refractivity contribution in [2.45, 2.75) is 16.3 Å². The van der Waals surface area contributed by atoms with Gasteiger partial charge in [0, 0.05) is 21.4 Å². The molecule has 18 heavy (non-hydrogen) atoms. The zero-order chi connectivity index (χ0) is 13.1. The van der Waals surface area contributed by atoms with Gasteiger partial charge in [-0.05, 0) is 42.0 Å². The summed E-state index contributed by atoms with van der Waals surface area (Å²) in [4.78, 5) is 1.54. The van der Waals surface area contributed by atoms with E-state index in [1.807, 2.05) is 6.07 Å². The maximum atomic E-state index is 13.4. The van der Waals surface area contributed by atoms with Crippen LogP contribution in [0.3, 0.4) is 0 Å². The van der Waals surface area contributed by atoms with E-state index in [1.165, 1.54) is 23.9 Å². The van der Waals surface area contributed by atoms with E-state index in [-0.39, 0.29) is 5.82 Å². The monoisotopic (exact) mass is 301 g/mol. The van der Waals surface area contributed by atoms with E-state index in [0.29, 0.717) is 16.6 Å². The second-order valence-electron chi connectivity index (χ2n) is 3.68. The quantitative estimate of drug-likeness (QED) is 0.886. The van der Waals surface area contributed by atoms with Crippen LogP contribution in [0, 0.1) is 5.82 Å². The number of hydrogen-bond acceptors (Lipinski definition) is 2. The van der Waals surface area contributed by atoms with E-state index in [4.69, 9.17) is 28.9 Å². The van der Waals surface area contributed by atoms with Crippen LogP contribution < -0.4 is 5.73 Å². The molecule has 2 N–H and O–H groups in total. The predicted octanol–water partition coefficient (Wildman–Crippen LogP) is 4.74. The van der Waals surface area contributed by atoms with E-state index in [2.05, 4.69) is 0 Å². The minimum atomic E-state index is -0.307. The number of benzene rings is 2. The highest BCUT2D eigenvalue weighted by atomic mass is 35.5. The summed E-state index contributed by atoms with van der Waals surface area (Å²) in [6.45, 7) is 0.300. The molecule has 1 nitrogen and oxygen atoms in total. The van der Waals surface area contributed by atoms with Crippen LogP contribution in [0.15, 0.2) is 46.2 Å². The van der Waals surface area contributed by atoms with Crippen molar-refractivity contribution in [2.75, 3.05) is 0 Å². The molecule has 0 radical (unpaired) electrons. The molecule has 0 heterocycles. The summed E-state index contributed by atoms with van der Waals surface area (Å²) in [5, 5.41) is 1.18. The van der Waals surface area contributed by atoms with Crippen LogP contribution in [0.1, 0.15) is 5.56 Å². The summed E-state index contributed by atoms with van der Waals surface area (Å²) in [5.41, 5.74) is 6.26. The first-order chi connectivity index (χ1) is 8.58. The molecule has 2 aromatic rings. The molecule has 0 aliphatic rings. The lowest BCUT2D eigenvalue weighted by atomic mass is 10.2. The number of hydrogen-bond donors (Lipinski definition) is 1. The molecule has 0 saturated carbocycles. The Morgan fingerprint density at radius 3 is 2.61 bits per heavy atom. The van der Waals surface area contributed by atoms with Gasteiger partial charge in [0.25, 0.3) is 0 Å². The highest BCUT2D eigenvalue weighted by Gasteiger charge is 2.06. The highest BCUT2D eigenvalue weighted by molar-refractivity contribution is 7.99. The Morgan fingerprint density at radius 1 is 1.11 bits per heavy atom. The van der Waals surface area contributed by atoms with Crippen molar-refractivity contribution < 1.29 is 4.39 Å². The molecule has 2 rings (SSSR count). The molecule has 0 aliphatic heterocycles. The lowest BCUT2D eigenvalue weighted by Gasteiger charge is -2.06. The Hall–Kier alpha value is -0.740. The molecular formula is C13H10Cl2FNS. The maximum absolute atomic E-state index is 13.4. The second kappa shape index (κ2) is 5.93. The van der Waals surface area contributed by atoms with Gasteiger partial charge in [0.2, 0.25) is 0 Å². The normalized spacial score (nSPS) is 10.7. The summed E-state index contributed by atoms with van der Waals surface area (Å²) < 4.78 is 13.4. The first-order valence-corrected chi connectivity index (χ1v) is 6.78. The van der Waals surface area contributed by atoms with Crippen LogP contribution in [-0.2, 0) is 6.54 Å². The molecule has 94 valence electrons. The molecule has 0 spiro atoms. The van der Waals surface area contributed by atoms with Crippen molar-refractivity contribution >= 4 is 35.0 Å². The summed E-state index contributed by atoms with van der Waals surface area (Å²) in [6, 6.07) is 9.89. The Labute approximate surface area is 119 Å². The Balaban J connectivity index is 2.33. The fourth-order valence-electron chi connectivity index (χ4n) is 1.48. The standard InChI is InChI=1S/C13H10Cl2FNS/c14-9-1-2-12(15)13(5-9)18-11-4-8(7-17)3-10(16)6-11/h1-6H,7,17H2. The van der Waals surface area contributed by atoms with Crippen molar-refractivity contribution in [1.82, 2.24) is 0 Å². The largest absolute Gasteiger partial charge is 0.326 e. The van der Waals surface area contributed by atoms with E-state index >= 15 is 0 Å². The van der Waals surface area contributed by atoms with Gasteiger partial charge in [0.05, 0.1) is 5.02 Å². The molecule has 0 amide bonds. The average Bonchev–Trinajstić information content (AvgIpc) is 2.33. The van der Waals surface area contributed by atoms with E-state index < -0.39 is 0 Å². The SMILES string of the molecule is NCc1cc(F)cc(Sc2cc(Cl)ccc2Cl)c1. The molecule has 0 bridgehead atoms. The first-order valence-electron chi connectivity index (χ1n) is 5.21. The molecule has 0 atom stereocenters. The lowest BCUT2D eigenvalue weighted by Crippen LogP contribution is -1.97. The maximum Gasteiger partial charge on any atom is 0.124 e. The number of nitrogens with two attached hydrogens (primary N) is 1. The van der Waals surface area contributed by atoms with Gasteiger partial charge in [-0.15, -0.1) is 0 Å². The molecule has 5 heteroatoms. The van der Waals surface area contributed by atoms with Crippen LogP contribution >= 0.6 is 35.0 Å². The van der Waals surface area contributed by atoms with Gasteiger partial charge >= 0.3 is 0 Å². The van der Waals surface area contributed by atoms with E-state index in [9.17, 15) is 4.39 Å². The Bertz CT molecular complexity index is 575. The molecule has 0 unspecified atom stereocenters. The van der Waals surface area contributed by atoms with Gasteiger partial charge in [-0.3, -0.25) is 0 Å². The van der Waals surface area contributed by atoms with Gasteiger partial charge in [-0.2, -0.15) is 0 Å². The average molecular weight is 302 g/mol. The molecule has 0 aliphatic carbocycles. The van der Waals surface area contributed by atoms with Crippen LogP contribution in [0.4, 0.5) is 4.39 Å². The molecule has 0 aromatic heterocycles. The van der Waals surface area contributed by atoms with Crippen molar-refractivity contribution in [1.29, 1.82) is 0 Å². The smallest absolute Gasteiger partial charge is 0.124 e. The summed E-state index contributed by atoms with van der Waals surface area (Å²) in [5.74, 6) is -0.307. The van der Waals surface area contributed by atoms with E-state index in [1.54, 1.807) is 18.2 Å². The molecule has 2 aromatic carbocycles. The highest BCUT2D eigenvalue weighted by Crippen LogP contribution is 2.35. The third-order valence-corrected chi connectivity index (χ3v) is 3.99. The van der Waals surface area contributed by atoms with Crippen molar-refractivity contribution in [3.63, 3.8) is 0 Å². The van der Waals surface area contributed by atoms with Gasteiger partial charge < -0.3 is 5.73 Å². The third-order valence-electron chi connectivity index (χ3n) is 2.29. The fraction of sp³-hybridized carbons (Fsp3) is 0.0769. The fourth-order valence-corrected chi connectivity index (χ4v) is 2.94. The summed E-state index contributed by atoms with van der Waals surface area (Å²) >= 11 is 13.3. The van der Waals surface area contributed by atoms with Crippen LogP contribution in [0.25, 0.3) is 0 Å². The second-order valence-corrected chi connectivity index (χ2v) is 5.64. The predicted molar refractivity (Wildman–Crippen MR) is 74.9 cm³/mol.